The number of hydrogen-bond acceptors (Lipinski definition) is 3. The highest BCUT2D eigenvalue weighted by atomic mass is 127. The number of benzene rings is 2. The molecule has 0 aromatic heterocycles. The van der Waals surface area contributed by atoms with Gasteiger partial charge in [0.2, 0.25) is 0 Å². The second kappa shape index (κ2) is 11.6. The van der Waals surface area contributed by atoms with E-state index < -0.39 is 0 Å². The van der Waals surface area contributed by atoms with E-state index in [0.29, 0.717) is 12.1 Å². The SMILES string of the molecule is CCNC(=NCC1Cc2ccccc2O1)NCCc1cccc(C(=O)NC)c1.I. The molecule has 2 aromatic carbocycles. The smallest absolute Gasteiger partial charge is 0.251 e. The Morgan fingerprint density at radius 2 is 2.00 bits per heavy atom. The maximum Gasteiger partial charge on any atom is 0.251 e. The molecule has 0 saturated carbocycles. The van der Waals surface area contributed by atoms with Crippen LogP contribution in [0.4, 0.5) is 0 Å². The van der Waals surface area contributed by atoms with E-state index in [2.05, 4.69) is 27.0 Å². The first kappa shape index (κ1) is 23.0. The molecular formula is C22H29IN4O2. The Labute approximate surface area is 189 Å². The van der Waals surface area contributed by atoms with E-state index in [9.17, 15) is 4.79 Å². The van der Waals surface area contributed by atoms with Gasteiger partial charge in [0.1, 0.15) is 11.9 Å². The summed E-state index contributed by atoms with van der Waals surface area (Å²) in [6.07, 6.45) is 1.78. The van der Waals surface area contributed by atoms with Crippen LogP contribution < -0.4 is 20.7 Å². The van der Waals surface area contributed by atoms with Crippen LogP contribution in [0, 0.1) is 0 Å². The predicted octanol–water partition coefficient (Wildman–Crippen LogP) is 2.77. The monoisotopic (exact) mass is 508 g/mol. The summed E-state index contributed by atoms with van der Waals surface area (Å²) in [6, 6.07) is 15.8. The first-order valence-electron chi connectivity index (χ1n) is 9.77. The number of fused-ring (bicyclic) bond motifs is 1. The zero-order chi connectivity index (χ0) is 19.8. The van der Waals surface area contributed by atoms with Crippen molar-refractivity contribution in [2.24, 2.45) is 4.99 Å². The number of aliphatic imine (C=N–C) groups is 1. The number of carbonyl (C=O) groups excluding carboxylic acids is 1. The lowest BCUT2D eigenvalue weighted by molar-refractivity contribution is 0.0963. The van der Waals surface area contributed by atoms with Crippen molar-refractivity contribution in [2.45, 2.75) is 25.9 Å². The zero-order valence-corrected chi connectivity index (χ0v) is 19.2. The third-order valence-electron chi connectivity index (χ3n) is 4.63. The topological polar surface area (TPSA) is 74.8 Å². The van der Waals surface area contributed by atoms with Crippen molar-refractivity contribution in [3.8, 4) is 5.75 Å². The third-order valence-corrected chi connectivity index (χ3v) is 4.63. The van der Waals surface area contributed by atoms with Crippen LogP contribution >= 0.6 is 24.0 Å². The predicted molar refractivity (Wildman–Crippen MR) is 127 cm³/mol. The molecule has 7 heteroatoms. The number of carbonyl (C=O) groups is 1. The number of nitrogens with zero attached hydrogens (tertiary/aromatic N) is 1. The average molecular weight is 508 g/mol. The number of halogens is 1. The molecule has 0 bridgehead atoms. The Bertz CT molecular complexity index is 816. The Morgan fingerprint density at radius 1 is 1.17 bits per heavy atom. The van der Waals surface area contributed by atoms with Crippen molar-refractivity contribution in [1.29, 1.82) is 0 Å². The number of ether oxygens (including phenoxy) is 1. The van der Waals surface area contributed by atoms with Crippen molar-refractivity contribution in [2.75, 3.05) is 26.7 Å². The fraction of sp³-hybridized carbons (Fsp3) is 0.364. The molecular weight excluding hydrogens is 479 g/mol. The minimum atomic E-state index is -0.0673. The van der Waals surface area contributed by atoms with E-state index in [1.54, 1.807) is 7.05 Å². The Kier molecular flexibility index (Phi) is 9.24. The number of hydrogen-bond donors (Lipinski definition) is 3. The molecule has 0 aliphatic carbocycles. The summed E-state index contributed by atoms with van der Waals surface area (Å²) in [5.74, 6) is 1.68. The zero-order valence-electron chi connectivity index (χ0n) is 16.9. The van der Waals surface area contributed by atoms with Crippen LogP contribution in [-0.4, -0.2) is 44.7 Å². The molecule has 1 heterocycles. The number of guanidine groups is 1. The molecule has 0 saturated heterocycles. The highest BCUT2D eigenvalue weighted by Crippen LogP contribution is 2.28. The number of amides is 1. The standard InChI is InChI=1S/C22H28N4O2.HI/c1-3-24-22(26-15-19-14-17-8-4-5-10-20(17)28-19)25-12-11-16-7-6-9-18(13-16)21(27)23-2;/h4-10,13,19H,3,11-12,14-15H2,1-2H3,(H,23,27)(H2,24,25,26);1H. The third kappa shape index (κ3) is 6.62. The molecule has 2 aromatic rings. The fourth-order valence-electron chi connectivity index (χ4n) is 3.23. The maximum absolute atomic E-state index is 11.8. The fourth-order valence-corrected chi connectivity index (χ4v) is 3.23. The largest absolute Gasteiger partial charge is 0.488 e. The number of para-hydroxylation sites is 1. The quantitative estimate of drug-likeness (QED) is 0.306. The normalized spacial score (nSPS) is 15.0. The van der Waals surface area contributed by atoms with Gasteiger partial charge in [-0.25, -0.2) is 4.99 Å². The molecule has 1 aliphatic rings. The summed E-state index contributed by atoms with van der Waals surface area (Å²) in [6.45, 7) is 4.18. The number of nitrogens with one attached hydrogen (secondary N) is 3. The van der Waals surface area contributed by atoms with Gasteiger partial charge in [0.05, 0.1) is 6.54 Å². The lowest BCUT2D eigenvalue weighted by Gasteiger charge is -2.13. The second-order valence-corrected chi connectivity index (χ2v) is 6.73. The summed E-state index contributed by atoms with van der Waals surface area (Å²) in [4.78, 5) is 16.4. The van der Waals surface area contributed by atoms with Gasteiger partial charge in [-0.2, -0.15) is 0 Å². The minimum Gasteiger partial charge on any atom is -0.488 e. The molecule has 0 fully saturated rings. The van der Waals surface area contributed by atoms with Crippen LogP contribution in [-0.2, 0) is 12.8 Å². The summed E-state index contributed by atoms with van der Waals surface area (Å²) in [5, 5.41) is 9.29. The van der Waals surface area contributed by atoms with E-state index in [-0.39, 0.29) is 36.0 Å². The molecule has 1 amide bonds. The maximum atomic E-state index is 11.8. The van der Waals surface area contributed by atoms with Gasteiger partial charge in [0.15, 0.2) is 5.96 Å². The Balaban J connectivity index is 0.00000300. The van der Waals surface area contributed by atoms with E-state index >= 15 is 0 Å². The van der Waals surface area contributed by atoms with E-state index in [1.807, 2.05) is 49.4 Å². The van der Waals surface area contributed by atoms with Crippen LogP contribution in [0.5, 0.6) is 5.75 Å². The first-order valence-corrected chi connectivity index (χ1v) is 9.77. The number of rotatable bonds is 7. The van der Waals surface area contributed by atoms with Crippen LogP contribution in [0.2, 0.25) is 0 Å². The molecule has 156 valence electrons. The summed E-state index contributed by atoms with van der Waals surface area (Å²) >= 11 is 0. The van der Waals surface area contributed by atoms with Gasteiger partial charge in [0, 0.05) is 32.1 Å². The van der Waals surface area contributed by atoms with Crippen molar-refractivity contribution in [3.63, 3.8) is 0 Å². The van der Waals surface area contributed by atoms with Gasteiger partial charge < -0.3 is 20.7 Å². The second-order valence-electron chi connectivity index (χ2n) is 6.73. The van der Waals surface area contributed by atoms with Crippen molar-refractivity contribution in [1.82, 2.24) is 16.0 Å². The average Bonchev–Trinajstić information content (AvgIpc) is 3.14. The summed E-state index contributed by atoms with van der Waals surface area (Å²) in [5.41, 5.74) is 3.04. The molecule has 1 aliphatic heterocycles. The molecule has 3 rings (SSSR count). The van der Waals surface area contributed by atoms with Crippen molar-refractivity contribution >= 4 is 35.8 Å². The lowest BCUT2D eigenvalue weighted by Crippen LogP contribution is -2.39. The molecule has 29 heavy (non-hydrogen) atoms. The van der Waals surface area contributed by atoms with Crippen LogP contribution in [0.3, 0.4) is 0 Å². The molecule has 0 radical (unpaired) electrons. The van der Waals surface area contributed by atoms with E-state index in [0.717, 1.165) is 43.2 Å². The highest BCUT2D eigenvalue weighted by molar-refractivity contribution is 14.0. The molecule has 3 N–H and O–H groups in total. The summed E-state index contributed by atoms with van der Waals surface area (Å²) < 4.78 is 5.95. The van der Waals surface area contributed by atoms with Crippen molar-refractivity contribution in [3.05, 3.63) is 65.2 Å². The van der Waals surface area contributed by atoms with E-state index in [1.165, 1.54) is 5.56 Å². The van der Waals surface area contributed by atoms with Crippen LogP contribution in [0.15, 0.2) is 53.5 Å². The van der Waals surface area contributed by atoms with Crippen LogP contribution in [0.25, 0.3) is 0 Å². The van der Waals surface area contributed by atoms with E-state index in [4.69, 9.17) is 4.74 Å². The molecule has 1 unspecified atom stereocenters. The van der Waals surface area contributed by atoms with Gasteiger partial charge in [-0.1, -0.05) is 30.3 Å². The minimum absolute atomic E-state index is 0. The lowest BCUT2D eigenvalue weighted by atomic mass is 10.1. The summed E-state index contributed by atoms with van der Waals surface area (Å²) in [7, 11) is 1.64. The van der Waals surface area contributed by atoms with Crippen LogP contribution in [0.1, 0.15) is 28.4 Å². The highest BCUT2D eigenvalue weighted by Gasteiger charge is 2.21. The van der Waals surface area contributed by atoms with Gasteiger partial charge in [0.25, 0.3) is 5.91 Å². The first-order chi connectivity index (χ1) is 13.7. The van der Waals surface area contributed by atoms with Gasteiger partial charge in [-0.05, 0) is 42.7 Å². The van der Waals surface area contributed by atoms with Gasteiger partial charge in [-0.15, -0.1) is 24.0 Å². The Hall–Kier alpha value is -2.29. The van der Waals surface area contributed by atoms with Crippen molar-refractivity contribution < 1.29 is 9.53 Å². The molecule has 0 spiro atoms. The van der Waals surface area contributed by atoms with Gasteiger partial charge in [-0.3, -0.25) is 4.79 Å². The van der Waals surface area contributed by atoms with Gasteiger partial charge >= 0.3 is 0 Å². The molecule has 1 atom stereocenters. The Morgan fingerprint density at radius 3 is 2.76 bits per heavy atom. The molecule has 6 nitrogen and oxygen atoms in total.